The number of nitrogens with zero attached hydrogens (tertiary/aromatic N) is 1. The number of hydrogen-bond donors (Lipinski definition) is 1. The first-order valence-electron chi connectivity index (χ1n) is 7.05. The van der Waals surface area contributed by atoms with Crippen molar-refractivity contribution in [3.05, 3.63) is 0 Å². The lowest BCUT2D eigenvalue weighted by Crippen LogP contribution is -2.46. The molecular weight excluding hydrogens is 196 g/mol. The molecule has 0 aromatic carbocycles. The molecule has 16 heavy (non-hydrogen) atoms. The van der Waals surface area contributed by atoms with E-state index < -0.39 is 0 Å². The highest BCUT2D eigenvalue weighted by Gasteiger charge is 2.28. The van der Waals surface area contributed by atoms with Crippen LogP contribution in [0.4, 0.5) is 0 Å². The Hall–Kier alpha value is -0.0800. The Labute approximate surface area is 101 Å². The molecule has 2 aliphatic rings. The molecule has 0 radical (unpaired) electrons. The van der Waals surface area contributed by atoms with Crippen LogP contribution in [0.1, 0.15) is 52.4 Å². The summed E-state index contributed by atoms with van der Waals surface area (Å²) in [5, 5.41) is 0. The molecule has 0 spiro atoms. The van der Waals surface area contributed by atoms with Gasteiger partial charge in [-0.05, 0) is 50.1 Å². The number of hydrogen-bond acceptors (Lipinski definition) is 2. The molecule has 0 amide bonds. The lowest BCUT2D eigenvalue weighted by atomic mass is 9.82. The second-order valence-corrected chi connectivity index (χ2v) is 6.67. The Morgan fingerprint density at radius 3 is 2.31 bits per heavy atom. The van der Waals surface area contributed by atoms with Gasteiger partial charge in [0.15, 0.2) is 0 Å². The number of nitrogens with two attached hydrogens (primary N) is 1. The fourth-order valence-electron chi connectivity index (χ4n) is 3.17. The molecule has 1 heterocycles. The van der Waals surface area contributed by atoms with Crippen LogP contribution in [0, 0.1) is 11.3 Å². The third kappa shape index (κ3) is 3.21. The molecule has 1 saturated heterocycles. The highest BCUT2D eigenvalue weighted by atomic mass is 15.1. The molecule has 2 N–H and O–H groups in total. The largest absolute Gasteiger partial charge is 0.326 e. The zero-order chi connectivity index (χ0) is 11.6. The van der Waals surface area contributed by atoms with Crippen molar-refractivity contribution in [3.8, 4) is 0 Å². The highest BCUT2D eigenvalue weighted by molar-refractivity contribution is 4.84. The molecule has 1 aliphatic carbocycles. The summed E-state index contributed by atoms with van der Waals surface area (Å²) in [7, 11) is 0. The first-order valence-corrected chi connectivity index (χ1v) is 7.05. The summed E-state index contributed by atoms with van der Waals surface area (Å²) >= 11 is 0. The maximum Gasteiger partial charge on any atom is 0.0196 e. The maximum atomic E-state index is 6.34. The second-order valence-electron chi connectivity index (χ2n) is 6.67. The molecule has 1 aliphatic heterocycles. The van der Waals surface area contributed by atoms with Crippen LogP contribution in [0.5, 0.6) is 0 Å². The fraction of sp³-hybridized carbons (Fsp3) is 1.00. The Morgan fingerprint density at radius 1 is 1.19 bits per heavy atom. The van der Waals surface area contributed by atoms with E-state index in [0.717, 1.165) is 12.5 Å². The number of rotatable bonds is 3. The first kappa shape index (κ1) is 12.4. The molecule has 0 aromatic heterocycles. The van der Waals surface area contributed by atoms with Crippen LogP contribution in [0.3, 0.4) is 0 Å². The van der Waals surface area contributed by atoms with Gasteiger partial charge in [0.1, 0.15) is 0 Å². The van der Waals surface area contributed by atoms with Gasteiger partial charge in [-0.1, -0.05) is 26.7 Å². The van der Waals surface area contributed by atoms with Crippen molar-refractivity contribution in [3.63, 3.8) is 0 Å². The molecule has 2 heteroatoms. The van der Waals surface area contributed by atoms with Crippen LogP contribution in [-0.4, -0.2) is 30.6 Å². The summed E-state index contributed by atoms with van der Waals surface area (Å²) in [5.41, 5.74) is 6.90. The van der Waals surface area contributed by atoms with Gasteiger partial charge in [-0.2, -0.15) is 0 Å². The van der Waals surface area contributed by atoms with E-state index >= 15 is 0 Å². The molecule has 0 aromatic rings. The minimum absolute atomic E-state index is 0.434. The van der Waals surface area contributed by atoms with E-state index in [2.05, 4.69) is 18.7 Å². The van der Waals surface area contributed by atoms with Gasteiger partial charge >= 0.3 is 0 Å². The summed E-state index contributed by atoms with van der Waals surface area (Å²) in [4.78, 5) is 2.59. The Balaban J connectivity index is 1.73. The number of likely N-dealkylation sites (tertiary alicyclic amines) is 1. The average Bonchev–Trinajstić information content (AvgIpc) is 2.74. The van der Waals surface area contributed by atoms with Crippen LogP contribution in [0.2, 0.25) is 0 Å². The second kappa shape index (κ2) is 5.05. The van der Waals surface area contributed by atoms with Crippen LogP contribution in [0.25, 0.3) is 0 Å². The summed E-state index contributed by atoms with van der Waals surface area (Å²) in [6.07, 6.45) is 8.24. The van der Waals surface area contributed by atoms with E-state index in [1.165, 1.54) is 51.6 Å². The van der Waals surface area contributed by atoms with Gasteiger partial charge in [0.25, 0.3) is 0 Å². The Morgan fingerprint density at radius 2 is 1.75 bits per heavy atom. The first-order chi connectivity index (χ1) is 7.57. The standard InChI is InChI=1S/C14H28N2/c1-14(2)7-9-16(10-8-14)11-13(15)12-5-3-4-6-12/h12-13H,3-11,15H2,1-2H3. The minimum Gasteiger partial charge on any atom is -0.326 e. The van der Waals surface area contributed by atoms with E-state index in [-0.39, 0.29) is 0 Å². The van der Waals surface area contributed by atoms with E-state index in [9.17, 15) is 0 Å². The maximum absolute atomic E-state index is 6.34. The zero-order valence-electron chi connectivity index (χ0n) is 11.0. The summed E-state index contributed by atoms with van der Waals surface area (Å²) < 4.78 is 0. The third-order valence-electron chi connectivity index (χ3n) is 4.68. The molecular formula is C14H28N2. The summed E-state index contributed by atoms with van der Waals surface area (Å²) in [5.74, 6) is 0.815. The lowest BCUT2D eigenvalue weighted by Gasteiger charge is -2.38. The average molecular weight is 224 g/mol. The number of piperidine rings is 1. The molecule has 2 fully saturated rings. The fourth-order valence-corrected chi connectivity index (χ4v) is 3.17. The van der Waals surface area contributed by atoms with E-state index in [0.29, 0.717) is 11.5 Å². The van der Waals surface area contributed by atoms with Crippen molar-refractivity contribution >= 4 is 0 Å². The van der Waals surface area contributed by atoms with Crippen LogP contribution < -0.4 is 5.73 Å². The molecule has 0 bridgehead atoms. The van der Waals surface area contributed by atoms with Gasteiger partial charge in [-0.15, -0.1) is 0 Å². The Kier molecular flexibility index (Phi) is 3.91. The quantitative estimate of drug-likeness (QED) is 0.798. The normalized spacial score (nSPS) is 29.4. The predicted molar refractivity (Wildman–Crippen MR) is 69.4 cm³/mol. The van der Waals surface area contributed by atoms with Crippen LogP contribution >= 0.6 is 0 Å². The van der Waals surface area contributed by atoms with E-state index in [1.54, 1.807) is 0 Å². The van der Waals surface area contributed by atoms with Crippen molar-refractivity contribution < 1.29 is 0 Å². The van der Waals surface area contributed by atoms with Crippen LogP contribution in [-0.2, 0) is 0 Å². The molecule has 2 nitrogen and oxygen atoms in total. The monoisotopic (exact) mass is 224 g/mol. The van der Waals surface area contributed by atoms with Gasteiger partial charge in [0.2, 0.25) is 0 Å². The van der Waals surface area contributed by atoms with Gasteiger partial charge in [-0.3, -0.25) is 0 Å². The molecule has 1 unspecified atom stereocenters. The summed E-state index contributed by atoms with van der Waals surface area (Å²) in [6, 6.07) is 0.434. The van der Waals surface area contributed by atoms with Crippen molar-refractivity contribution in [2.24, 2.45) is 17.1 Å². The van der Waals surface area contributed by atoms with Crippen molar-refractivity contribution in [1.82, 2.24) is 4.90 Å². The predicted octanol–water partition coefficient (Wildman–Crippen LogP) is 2.63. The van der Waals surface area contributed by atoms with Gasteiger partial charge in [-0.25, -0.2) is 0 Å². The SMILES string of the molecule is CC1(C)CCN(CC(N)C2CCCC2)CC1. The molecule has 1 saturated carbocycles. The zero-order valence-corrected chi connectivity index (χ0v) is 11.0. The smallest absolute Gasteiger partial charge is 0.0196 e. The molecule has 94 valence electrons. The van der Waals surface area contributed by atoms with Crippen molar-refractivity contribution in [2.45, 2.75) is 58.4 Å². The van der Waals surface area contributed by atoms with Gasteiger partial charge in [0.05, 0.1) is 0 Å². The van der Waals surface area contributed by atoms with E-state index in [1.807, 2.05) is 0 Å². The lowest BCUT2D eigenvalue weighted by molar-refractivity contribution is 0.119. The van der Waals surface area contributed by atoms with Crippen LogP contribution in [0.15, 0.2) is 0 Å². The highest BCUT2D eigenvalue weighted by Crippen LogP contribution is 2.31. The summed E-state index contributed by atoms with van der Waals surface area (Å²) in [6.45, 7) is 8.43. The van der Waals surface area contributed by atoms with Crippen molar-refractivity contribution in [2.75, 3.05) is 19.6 Å². The third-order valence-corrected chi connectivity index (χ3v) is 4.68. The van der Waals surface area contributed by atoms with E-state index in [4.69, 9.17) is 5.73 Å². The molecule has 2 rings (SSSR count). The Bertz CT molecular complexity index is 209. The minimum atomic E-state index is 0.434. The van der Waals surface area contributed by atoms with Gasteiger partial charge < -0.3 is 10.6 Å². The topological polar surface area (TPSA) is 29.3 Å². The van der Waals surface area contributed by atoms with Crippen molar-refractivity contribution in [1.29, 1.82) is 0 Å². The van der Waals surface area contributed by atoms with Gasteiger partial charge in [0, 0.05) is 12.6 Å². The molecule has 1 atom stereocenters.